The number of amides is 2. The highest BCUT2D eigenvalue weighted by Gasteiger charge is 2.28. The van der Waals surface area contributed by atoms with Gasteiger partial charge in [-0.3, -0.25) is 4.90 Å². The lowest BCUT2D eigenvalue weighted by atomic mass is 10.1. The van der Waals surface area contributed by atoms with Gasteiger partial charge in [-0.25, -0.2) is 9.78 Å². The Labute approximate surface area is 182 Å². The molecule has 0 radical (unpaired) electrons. The minimum atomic E-state index is -0.212. The number of aryl methyl sites for hydroxylation is 1. The number of pyridine rings is 1. The second kappa shape index (κ2) is 8.95. The number of carbonyl (C=O) groups excluding carboxylic acids is 1. The van der Waals surface area contributed by atoms with E-state index in [1.807, 2.05) is 12.1 Å². The molecule has 2 aromatic carbocycles. The van der Waals surface area contributed by atoms with Gasteiger partial charge in [0, 0.05) is 37.6 Å². The second-order valence-corrected chi connectivity index (χ2v) is 7.40. The molecule has 2 amide bonds. The molecule has 160 valence electrons. The maximum absolute atomic E-state index is 13.1. The van der Waals surface area contributed by atoms with Crippen LogP contribution in [-0.2, 0) is 6.54 Å². The van der Waals surface area contributed by atoms with Crippen molar-refractivity contribution >= 4 is 23.2 Å². The van der Waals surface area contributed by atoms with Crippen molar-refractivity contribution in [3.8, 4) is 11.5 Å². The minimum absolute atomic E-state index is 0.212. The third kappa shape index (κ3) is 4.40. The van der Waals surface area contributed by atoms with Crippen LogP contribution in [0.15, 0.2) is 60.8 Å². The molecular weight excluding hydrogens is 392 g/mol. The van der Waals surface area contributed by atoms with Gasteiger partial charge in [0.2, 0.25) is 0 Å². The molecule has 1 aliphatic heterocycles. The third-order valence-corrected chi connectivity index (χ3v) is 5.32. The van der Waals surface area contributed by atoms with Crippen LogP contribution in [0.25, 0.3) is 0 Å². The van der Waals surface area contributed by atoms with Crippen molar-refractivity contribution in [2.24, 2.45) is 0 Å². The molecule has 0 atom stereocenters. The first kappa shape index (κ1) is 20.5. The topological polar surface area (TPSA) is 66.9 Å². The fraction of sp³-hybridized carbons (Fsp3) is 0.250. The molecule has 7 heteroatoms. The van der Waals surface area contributed by atoms with Crippen molar-refractivity contribution in [1.29, 1.82) is 0 Å². The van der Waals surface area contributed by atoms with E-state index in [1.165, 1.54) is 11.1 Å². The Morgan fingerprint density at radius 1 is 1.03 bits per heavy atom. The maximum atomic E-state index is 13.1. The molecule has 2 heterocycles. The Balaban J connectivity index is 1.53. The number of rotatable bonds is 5. The standard InChI is InChI=1S/C24H26N4O3/c1-17-6-8-18(9-7-17)16-27-13-14-28(20-5-4-12-25-23(20)27)24(29)26-19-10-11-21(30-2)22(15-19)31-3/h4-12,15H,13-14,16H2,1-3H3,(H,26,29). The maximum Gasteiger partial charge on any atom is 0.326 e. The zero-order valence-electron chi connectivity index (χ0n) is 18.0. The largest absolute Gasteiger partial charge is 0.493 e. The lowest BCUT2D eigenvalue weighted by Crippen LogP contribution is -2.46. The monoisotopic (exact) mass is 418 g/mol. The van der Waals surface area contributed by atoms with Crippen molar-refractivity contribution in [3.05, 3.63) is 71.9 Å². The Hall–Kier alpha value is -3.74. The molecule has 0 saturated heterocycles. The van der Waals surface area contributed by atoms with Crippen molar-refractivity contribution in [3.63, 3.8) is 0 Å². The summed E-state index contributed by atoms with van der Waals surface area (Å²) < 4.78 is 10.6. The van der Waals surface area contributed by atoms with Gasteiger partial charge in [-0.05, 0) is 36.8 Å². The molecule has 4 rings (SSSR count). The van der Waals surface area contributed by atoms with Gasteiger partial charge in [-0.1, -0.05) is 29.8 Å². The Morgan fingerprint density at radius 3 is 2.55 bits per heavy atom. The van der Waals surface area contributed by atoms with Gasteiger partial charge in [-0.2, -0.15) is 0 Å². The van der Waals surface area contributed by atoms with Gasteiger partial charge in [-0.15, -0.1) is 0 Å². The van der Waals surface area contributed by atoms with Gasteiger partial charge in [0.15, 0.2) is 17.3 Å². The van der Waals surface area contributed by atoms with Crippen LogP contribution in [0.3, 0.4) is 0 Å². The van der Waals surface area contributed by atoms with Gasteiger partial charge in [0.1, 0.15) is 0 Å². The average Bonchev–Trinajstić information content (AvgIpc) is 2.80. The summed E-state index contributed by atoms with van der Waals surface area (Å²) in [5.74, 6) is 1.97. The number of urea groups is 1. The van der Waals surface area contributed by atoms with E-state index in [0.717, 1.165) is 18.1 Å². The number of hydrogen-bond acceptors (Lipinski definition) is 5. The predicted octanol–water partition coefficient (Wildman–Crippen LogP) is 4.47. The summed E-state index contributed by atoms with van der Waals surface area (Å²) in [4.78, 5) is 21.6. The van der Waals surface area contributed by atoms with E-state index in [1.54, 1.807) is 43.5 Å². The number of methoxy groups -OCH3 is 2. The lowest BCUT2D eigenvalue weighted by molar-refractivity contribution is 0.256. The smallest absolute Gasteiger partial charge is 0.326 e. The van der Waals surface area contributed by atoms with Crippen LogP contribution in [0.5, 0.6) is 11.5 Å². The Bertz CT molecular complexity index is 1070. The molecule has 7 nitrogen and oxygen atoms in total. The van der Waals surface area contributed by atoms with E-state index in [2.05, 4.69) is 46.4 Å². The number of benzene rings is 2. The van der Waals surface area contributed by atoms with Crippen molar-refractivity contribution < 1.29 is 14.3 Å². The minimum Gasteiger partial charge on any atom is -0.493 e. The van der Waals surface area contributed by atoms with Crippen LogP contribution >= 0.6 is 0 Å². The number of nitrogens with zero attached hydrogens (tertiary/aromatic N) is 3. The summed E-state index contributed by atoms with van der Waals surface area (Å²) in [6.45, 7) is 4.08. The number of nitrogens with one attached hydrogen (secondary N) is 1. The van der Waals surface area contributed by atoms with Gasteiger partial charge in [0.25, 0.3) is 0 Å². The summed E-state index contributed by atoms with van der Waals surface area (Å²) >= 11 is 0. The van der Waals surface area contributed by atoms with Crippen molar-refractivity contribution in [2.45, 2.75) is 13.5 Å². The second-order valence-electron chi connectivity index (χ2n) is 7.40. The van der Waals surface area contributed by atoms with Crippen LogP contribution in [0, 0.1) is 6.92 Å². The van der Waals surface area contributed by atoms with E-state index in [9.17, 15) is 4.79 Å². The lowest BCUT2D eigenvalue weighted by Gasteiger charge is -2.36. The van der Waals surface area contributed by atoms with Crippen LogP contribution in [0.2, 0.25) is 0 Å². The molecular formula is C24H26N4O3. The number of aromatic nitrogens is 1. The van der Waals surface area contributed by atoms with Gasteiger partial charge in [0.05, 0.1) is 19.9 Å². The summed E-state index contributed by atoms with van der Waals surface area (Å²) in [6.07, 6.45) is 1.76. The van der Waals surface area contributed by atoms with Crippen molar-refractivity contribution in [1.82, 2.24) is 4.98 Å². The first-order chi connectivity index (χ1) is 15.1. The summed E-state index contributed by atoms with van der Waals surface area (Å²) in [5.41, 5.74) is 3.87. The molecule has 1 aliphatic rings. The molecule has 3 aromatic rings. The number of carbonyl (C=O) groups is 1. The zero-order valence-corrected chi connectivity index (χ0v) is 18.0. The van der Waals surface area contributed by atoms with Crippen LogP contribution in [0.1, 0.15) is 11.1 Å². The SMILES string of the molecule is COc1ccc(NC(=O)N2CCN(Cc3ccc(C)cc3)c3ncccc32)cc1OC. The summed E-state index contributed by atoms with van der Waals surface area (Å²) in [6, 6.07) is 17.4. The summed E-state index contributed by atoms with van der Waals surface area (Å²) in [5, 5.41) is 2.95. The van der Waals surface area contributed by atoms with Crippen LogP contribution < -0.4 is 24.6 Å². The zero-order chi connectivity index (χ0) is 21.8. The molecule has 1 aromatic heterocycles. The van der Waals surface area contributed by atoms with Crippen LogP contribution in [-0.4, -0.2) is 38.3 Å². The van der Waals surface area contributed by atoms with Crippen molar-refractivity contribution in [2.75, 3.05) is 42.4 Å². The van der Waals surface area contributed by atoms with Crippen LogP contribution in [0.4, 0.5) is 22.0 Å². The van der Waals surface area contributed by atoms with E-state index in [0.29, 0.717) is 30.3 Å². The normalized spacial score (nSPS) is 12.9. The molecule has 0 unspecified atom stereocenters. The fourth-order valence-electron chi connectivity index (χ4n) is 3.67. The quantitative estimate of drug-likeness (QED) is 0.662. The van der Waals surface area contributed by atoms with E-state index in [-0.39, 0.29) is 6.03 Å². The molecule has 0 bridgehead atoms. The number of hydrogen-bond donors (Lipinski definition) is 1. The Morgan fingerprint density at radius 2 is 1.81 bits per heavy atom. The predicted molar refractivity (Wildman–Crippen MR) is 122 cm³/mol. The van der Waals surface area contributed by atoms with E-state index >= 15 is 0 Å². The van der Waals surface area contributed by atoms with Gasteiger partial charge < -0.3 is 19.7 Å². The summed E-state index contributed by atoms with van der Waals surface area (Å²) in [7, 11) is 3.15. The Kier molecular flexibility index (Phi) is 5.93. The molecule has 0 fully saturated rings. The number of fused-ring (bicyclic) bond motifs is 1. The molecule has 0 aliphatic carbocycles. The first-order valence-corrected chi connectivity index (χ1v) is 10.1. The highest BCUT2D eigenvalue weighted by molar-refractivity contribution is 6.04. The number of anilines is 3. The number of ether oxygens (including phenoxy) is 2. The highest BCUT2D eigenvalue weighted by atomic mass is 16.5. The van der Waals surface area contributed by atoms with E-state index in [4.69, 9.17) is 9.47 Å². The third-order valence-electron chi connectivity index (χ3n) is 5.32. The fourth-order valence-corrected chi connectivity index (χ4v) is 3.67. The molecule has 1 N–H and O–H groups in total. The average molecular weight is 418 g/mol. The molecule has 0 saturated carbocycles. The molecule has 31 heavy (non-hydrogen) atoms. The van der Waals surface area contributed by atoms with Gasteiger partial charge >= 0.3 is 6.03 Å². The highest BCUT2D eigenvalue weighted by Crippen LogP contribution is 2.33. The molecule has 0 spiro atoms. The van der Waals surface area contributed by atoms with E-state index < -0.39 is 0 Å². The first-order valence-electron chi connectivity index (χ1n) is 10.1.